The summed E-state index contributed by atoms with van der Waals surface area (Å²) in [5, 5.41) is 0. The summed E-state index contributed by atoms with van der Waals surface area (Å²) in [6.45, 7) is 2.32. The van der Waals surface area contributed by atoms with Crippen molar-refractivity contribution in [2.75, 3.05) is 13.2 Å². The molecule has 0 N–H and O–H groups in total. The van der Waals surface area contributed by atoms with Gasteiger partial charge in [-0.15, -0.1) is 0 Å². The van der Waals surface area contributed by atoms with Crippen LogP contribution < -0.4 is 0 Å². The first-order chi connectivity index (χ1) is 8.22. The smallest absolute Gasteiger partial charge is 0.325 e. The molecule has 1 aliphatic carbocycles. The maximum atomic E-state index is 11.9. The van der Waals surface area contributed by atoms with E-state index in [1.807, 2.05) is 0 Å². The summed E-state index contributed by atoms with van der Waals surface area (Å²) >= 11 is 0. The summed E-state index contributed by atoms with van der Waals surface area (Å²) in [6.07, 6.45) is 6.47. The highest BCUT2D eigenvalue weighted by atomic mass is 16.5. The van der Waals surface area contributed by atoms with Crippen LogP contribution in [-0.4, -0.2) is 36.0 Å². The van der Waals surface area contributed by atoms with Crippen LogP contribution in [0, 0.1) is 5.92 Å². The molecule has 1 heterocycles. The second-order valence-electron chi connectivity index (χ2n) is 5.00. The molecule has 2 fully saturated rings. The number of fused-ring (bicyclic) bond motifs is 1. The normalized spacial score (nSPS) is 28.8. The maximum absolute atomic E-state index is 11.9. The topological polar surface area (TPSA) is 46.6 Å². The summed E-state index contributed by atoms with van der Waals surface area (Å²) in [5.74, 6) is 0.333. The van der Waals surface area contributed by atoms with Gasteiger partial charge in [0.15, 0.2) is 0 Å². The lowest BCUT2D eigenvalue weighted by Gasteiger charge is -2.25. The zero-order chi connectivity index (χ0) is 12.3. The zero-order valence-electron chi connectivity index (χ0n) is 10.5. The molecule has 2 rings (SSSR count). The van der Waals surface area contributed by atoms with E-state index >= 15 is 0 Å². The van der Waals surface area contributed by atoms with E-state index in [-0.39, 0.29) is 24.5 Å². The van der Waals surface area contributed by atoms with Crippen molar-refractivity contribution in [2.45, 2.75) is 51.5 Å². The number of carbonyl (C=O) groups is 2. The molecule has 4 heteroatoms. The van der Waals surface area contributed by atoms with Gasteiger partial charge in [0.2, 0.25) is 5.91 Å². The SMILES string of the molecule is CCOC(=O)CN1C(=O)C[C@@H]2CCCCC[C@@H]21. The van der Waals surface area contributed by atoms with Crippen molar-refractivity contribution in [3.63, 3.8) is 0 Å². The maximum Gasteiger partial charge on any atom is 0.325 e. The summed E-state index contributed by atoms with van der Waals surface area (Å²) < 4.78 is 4.93. The lowest BCUT2D eigenvalue weighted by atomic mass is 9.95. The third-order valence-corrected chi connectivity index (χ3v) is 3.88. The fourth-order valence-electron chi connectivity index (χ4n) is 3.09. The molecule has 0 bridgehead atoms. The Bertz CT molecular complexity index is 303. The molecule has 2 aliphatic rings. The lowest BCUT2D eigenvalue weighted by Crippen LogP contribution is -2.39. The Morgan fingerprint density at radius 1 is 1.35 bits per heavy atom. The fraction of sp³-hybridized carbons (Fsp3) is 0.846. The molecule has 0 spiro atoms. The second-order valence-corrected chi connectivity index (χ2v) is 5.00. The molecule has 1 saturated heterocycles. The molecule has 0 aromatic rings. The summed E-state index contributed by atoms with van der Waals surface area (Å²) in [5.41, 5.74) is 0. The van der Waals surface area contributed by atoms with Gasteiger partial charge in [0.25, 0.3) is 0 Å². The van der Waals surface area contributed by atoms with Crippen LogP contribution in [0.25, 0.3) is 0 Å². The third-order valence-electron chi connectivity index (χ3n) is 3.88. The van der Waals surface area contributed by atoms with E-state index in [1.165, 1.54) is 19.3 Å². The highest BCUT2D eigenvalue weighted by Crippen LogP contribution is 2.35. The molecular weight excluding hydrogens is 218 g/mol. The third kappa shape index (κ3) is 2.79. The highest BCUT2D eigenvalue weighted by Gasteiger charge is 2.40. The number of esters is 1. The van der Waals surface area contributed by atoms with E-state index in [0.29, 0.717) is 18.9 Å². The van der Waals surface area contributed by atoms with Gasteiger partial charge >= 0.3 is 5.97 Å². The average molecular weight is 239 g/mol. The largest absolute Gasteiger partial charge is 0.465 e. The number of ether oxygens (including phenoxy) is 1. The van der Waals surface area contributed by atoms with Crippen molar-refractivity contribution >= 4 is 11.9 Å². The zero-order valence-corrected chi connectivity index (χ0v) is 10.5. The second kappa shape index (κ2) is 5.52. The molecule has 2 atom stereocenters. The minimum absolute atomic E-state index is 0.134. The van der Waals surface area contributed by atoms with Crippen LogP contribution in [0.1, 0.15) is 45.4 Å². The van der Waals surface area contributed by atoms with Crippen LogP contribution in [0.15, 0.2) is 0 Å². The summed E-state index contributed by atoms with van der Waals surface area (Å²) in [6, 6.07) is 0.286. The number of hydrogen-bond acceptors (Lipinski definition) is 3. The van der Waals surface area contributed by atoms with E-state index in [2.05, 4.69) is 0 Å². The number of hydrogen-bond donors (Lipinski definition) is 0. The Balaban J connectivity index is 1.99. The molecule has 96 valence electrons. The standard InChI is InChI=1S/C13H21NO3/c1-2-17-13(16)9-14-11-7-5-3-4-6-10(11)8-12(14)15/h10-11H,2-9H2,1H3/t10-,11-/m0/s1. The molecule has 1 saturated carbocycles. The molecule has 17 heavy (non-hydrogen) atoms. The van der Waals surface area contributed by atoms with Gasteiger partial charge in [-0.1, -0.05) is 19.3 Å². The molecule has 0 aromatic carbocycles. The Morgan fingerprint density at radius 2 is 2.12 bits per heavy atom. The average Bonchev–Trinajstić information content (AvgIpc) is 2.49. The summed E-state index contributed by atoms with van der Waals surface area (Å²) in [4.78, 5) is 25.2. The van der Waals surface area contributed by atoms with Gasteiger partial charge < -0.3 is 9.64 Å². The number of nitrogens with zero attached hydrogens (tertiary/aromatic N) is 1. The minimum Gasteiger partial charge on any atom is -0.465 e. The molecule has 1 aliphatic heterocycles. The van der Waals surface area contributed by atoms with E-state index in [1.54, 1.807) is 11.8 Å². The first kappa shape index (κ1) is 12.4. The molecule has 0 unspecified atom stereocenters. The minimum atomic E-state index is -0.272. The van der Waals surface area contributed by atoms with E-state index in [4.69, 9.17) is 4.74 Å². The fourth-order valence-corrected chi connectivity index (χ4v) is 3.09. The Hall–Kier alpha value is -1.06. The quantitative estimate of drug-likeness (QED) is 0.705. The van der Waals surface area contributed by atoms with Crippen LogP contribution in [0.5, 0.6) is 0 Å². The number of carbonyl (C=O) groups excluding carboxylic acids is 2. The van der Waals surface area contributed by atoms with Crippen LogP contribution >= 0.6 is 0 Å². The van der Waals surface area contributed by atoms with Gasteiger partial charge in [0.1, 0.15) is 6.54 Å². The highest BCUT2D eigenvalue weighted by molar-refractivity contribution is 5.84. The monoisotopic (exact) mass is 239 g/mol. The van der Waals surface area contributed by atoms with Crippen molar-refractivity contribution in [1.82, 2.24) is 4.90 Å². The van der Waals surface area contributed by atoms with Gasteiger partial charge in [-0.2, -0.15) is 0 Å². The molecule has 0 radical (unpaired) electrons. The van der Waals surface area contributed by atoms with Gasteiger partial charge in [-0.05, 0) is 25.7 Å². The van der Waals surface area contributed by atoms with E-state index in [9.17, 15) is 9.59 Å². The predicted molar refractivity (Wildman–Crippen MR) is 63.3 cm³/mol. The van der Waals surface area contributed by atoms with Gasteiger partial charge in [0, 0.05) is 12.5 Å². The van der Waals surface area contributed by atoms with Crippen molar-refractivity contribution in [3.8, 4) is 0 Å². The lowest BCUT2D eigenvalue weighted by molar-refractivity contribution is -0.148. The first-order valence-electron chi connectivity index (χ1n) is 6.67. The number of amides is 1. The Kier molecular flexibility index (Phi) is 4.02. The van der Waals surface area contributed by atoms with Crippen molar-refractivity contribution in [1.29, 1.82) is 0 Å². The van der Waals surface area contributed by atoms with Gasteiger partial charge in [-0.25, -0.2) is 0 Å². The van der Waals surface area contributed by atoms with Crippen LogP contribution in [0.3, 0.4) is 0 Å². The Morgan fingerprint density at radius 3 is 2.88 bits per heavy atom. The van der Waals surface area contributed by atoms with Crippen LogP contribution in [0.2, 0.25) is 0 Å². The van der Waals surface area contributed by atoms with Crippen molar-refractivity contribution in [2.24, 2.45) is 5.92 Å². The van der Waals surface area contributed by atoms with Crippen molar-refractivity contribution in [3.05, 3.63) is 0 Å². The predicted octanol–water partition coefficient (Wildman–Crippen LogP) is 1.73. The van der Waals surface area contributed by atoms with Gasteiger partial charge in [-0.3, -0.25) is 9.59 Å². The van der Waals surface area contributed by atoms with Crippen LogP contribution in [0.4, 0.5) is 0 Å². The molecular formula is C13H21NO3. The van der Waals surface area contributed by atoms with E-state index in [0.717, 1.165) is 12.8 Å². The number of likely N-dealkylation sites (tertiary alicyclic amines) is 1. The first-order valence-corrected chi connectivity index (χ1v) is 6.67. The molecule has 4 nitrogen and oxygen atoms in total. The molecule has 1 amide bonds. The van der Waals surface area contributed by atoms with Crippen LogP contribution in [-0.2, 0) is 14.3 Å². The number of rotatable bonds is 3. The summed E-state index contributed by atoms with van der Waals surface area (Å²) in [7, 11) is 0. The van der Waals surface area contributed by atoms with Crippen molar-refractivity contribution < 1.29 is 14.3 Å². The molecule has 0 aromatic heterocycles. The van der Waals surface area contributed by atoms with E-state index < -0.39 is 0 Å². The van der Waals surface area contributed by atoms with Gasteiger partial charge in [0.05, 0.1) is 6.61 Å². The Labute approximate surface area is 102 Å².